The highest BCUT2D eigenvalue weighted by Crippen LogP contribution is 2.25. The van der Waals surface area contributed by atoms with Crippen LogP contribution in [0.3, 0.4) is 0 Å². The Kier molecular flexibility index (Phi) is 2.83. The molecule has 106 valence electrons. The number of hydrogen-bond acceptors (Lipinski definition) is 1. The number of carbonyl (C=O) groups excluding carboxylic acids is 1. The van der Waals surface area contributed by atoms with E-state index in [1.165, 1.54) is 0 Å². The highest BCUT2D eigenvalue weighted by molar-refractivity contribution is 6.17. The number of pyridine rings is 1. The number of aromatic nitrogens is 1. The third kappa shape index (κ3) is 1.92. The van der Waals surface area contributed by atoms with Crippen LogP contribution in [0.25, 0.3) is 16.4 Å². The summed E-state index contributed by atoms with van der Waals surface area (Å²) in [5.74, 6) is 0.0694. The average Bonchev–Trinajstić information content (AvgIpc) is 3.02. The molecule has 2 aromatic carbocycles. The fraction of sp³-hybridized carbons (Fsp3) is 0.0500. The molecule has 0 bridgehead atoms. The largest absolute Gasteiger partial charge is 0.317 e. The van der Waals surface area contributed by atoms with E-state index in [1.807, 2.05) is 54.7 Å². The van der Waals surface area contributed by atoms with E-state index in [-0.39, 0.29) is 5.78 Å². The minimum Gasteiger partial charge on any atom is -0.317 e. The Labute approximate surface area is 128 Å². The van der Waals surface area contributed by atoms with Crippen molar-refractivity contribution in [3.05, 3.63) is 89.6 Å². The number of nitrogens with zero attached hydrogens (tertiary/aromatic N) is 1. The van der Waals surface area contributed by atoms with Crippen molar-refractivity contribution in [2.24, 2.45) is 0 Å². The van der Waals surface area contributed by atoms with Gasteiger partial charge in [-0.25, -0.2) is 0 Å². The molecular formula is C20H15NO. The predicted molar refractivity (Wildman–Crippen MR) is 89.5 cm³/mol. The molecule has 0 unspecified atom stereocenters. The standard InChI is InChI=1S/C20H15NO/c1-14-9-10-19-17(12-14)18(13-16-8-5-11-21(16)19)20(22)15-6-3-2-4-7-15/h2-13H,1H3. The third-order valence-corrected chi connectivity index (χ3v) is 4.05. The molecule has 0 radical (unpaired) electrons. The summed E-state index contributed by atoms with van der Waals surface area (Å²) in [7, 11) is 0. The summed E-state index contributed by atoms with van der Waals surface area (Å²) in [5.41, 5.74) is 4.74. The molecule has 0 aliphatic carbocycles. The van der Waals surface area contributed by atoms with E-state index in [0.29, 0.717) is 0 Å². The van der Waals surface area contributed by atoms with Gasteiger partial charge in [0.15, 0.2) is 5.78 Å². The molecular weight excluding hydrogens is 270 g/mol. The average molecular weight is 285 g/mol. The van der Waals surface area contributed by atoms with Crippen LogP contribution in [-0.4, -0.2) is 10.2 Å². The second kappa shape index (κ2) is 4.85. The molecule has 0 saturated carbocycles. The molecule has 4 rings (SSSR count). The van der Waals surface area contributed by atoms with Gasteiger partial charge in [-0.3, -0.25) is 4.79 Å². The summed E-state index contributed by atoms with van der Waals surface area (Å²) in [5, 5.41) is 0.998. The molecule has 2 heterocycles. The topological polar surface area (TPSA) is 21.5 Å². The van der Waals surface area contributed by atoms with Crippen molar-refractivity contribution in [2.45, 2.75) is 6.92 Å². The van der Waals surface area contributed by atoms with E-state index in [9.17, 15) is 4.79 Å². The van der Waals surface area contributed by atoms with Crippen LogP contribution in [0.4, 0.5) is 0 Å². The van der Waals surface area contributed by atoms with Gasteiger partial charge in [0.05, 0.1) is 5.52 Å². The van der Waals surface area contributed by atoms with Crippen molar-refractivity contribution in [1.82, 2.24) is 4.40 Å². The first-order chi connectivity index (χ1) is 10.7. The number of benzene rings is 2. The first-order valence-electron chi connectivity index (χ1n) is 7.34. The van der Waals surface area contributed by atoms with Crippen LogP contribution in [0.15, 0.2) is 72.9 Å². The van der Waals surface area contributed by atoms with Gasteiger partial charge in [-0.2, -0.15) is 0 Å². The smallest absolute Gasteiger partial charge is 0.193 e. The van der Waals surface area contributed by atoms with Crippen LogP contribution in [-0.2, 0) is 0 Å². The minimum atomic E-state index is 0.0694. The summed E-state index contributed by atoms with van der Waals surface area (Å²) >= 11 is 0. The van der Waals surface area contributed by atoms with Crippen LogP contribution in [0.2, 0.25) is 0 Å². The number of rotatable bonds is 2. The second-order valence-electron chi connectivity index (χ2n) is 5.58. The Morgan fingerprint density at radius 1 is 0.909 bits per heavy atom. The van der Waals surface area contributed by atoms with E-state index < -0.39 is 0 Å². The van der Waals surface area contributed by atoms with Crippen LogP contribution < -0.4 is 0 Å². The molecule has 22 heavy (non-hydrogen) atoms. The lowest BCUT2D eigenvalue weighted by Gasteiger charge is -2.10. The van der Waals surface area contributed by atoms with Crippen LogP contribution in [0.1, 0.15) is 21.5 Å². The molecule has 0 spiro atoms. The van der Waals surface area contributed by atoms with Crippen molar-refractivity contribution in [3.8, 4) is 0 Å². The van der Waals surface area contributed by atoms with Crippen molar-refractivity contribution < 1.29 is 4.79 Å². The van der Waals surface area contributed by atoms with E-state index in [0.717, 1.165) is 33.1 Å². The van der Waals surface area contributed by atoms with Crippen molar-refractivity contribution in [1.29, 1.82) is 0 Å². The molecule has 0 fully saturated rings. The van der Waals surface area contributed by atoms with E-state index >= 15 is 0 Å². The van der Waals surface area contributed by atoms with Gasteiger partial charge < -0.3 is 4.40 Å². The summed E-state index contributed by atoms with van der Waals surface area (Å²) in [6.45, 7) is 2.05. The molecule has 0 N–H and O–H groups in total. The van der Waals surface area contributed by atoms with Crippen molar-refractivity contribution in [3.63, 3.8) is 0 Å². The minimum absolute atomic E-state index is 0.0694. The van der Waals surface area contributed by atoms with Gasteiger partial charge in [0.2, 0.25) is 0 Å². The maximum absolute atomic E-state index is 12.9. The maximum Gasteiger partial charge on any atom is 0.193 e. The second-order valence-corrected chi connectivity index (χ2v) is 5.58. The van der Waals surface area contributed by atoms with Crippen LogP contribution in [0.5, 0.6) is 0 Å². The van der Waals surface area contributed by atoms with Gasteiger partial charge >= 0.3 is 0 Å². The zero-order chi connectivity index (χ0) is 15.1. The zero-order valence-electron chi connectivity index (χ0n) is 12.3. The Morgan fingerprint density at radius 3 is 2.55 bits per heavy atom. The van der Waals surface area contributed by atoms with Gasteiger partial charge in [0.25, 0.3) is 0 Å². The van der Waals surface area contributed by atoms with Crippen molar-refractivity contribution >= 4 is 22.2 Å². The summed E-state index contributed by atoms with van der Waals surface area (Å²) in [6, 6.07) is 21.7. The Morgan fingerprint density at radius 2 is 1.73 bits per heavy atom. The number of ketones is 1. The molecule has 4 aromatic rings. The quantitative estimate of drug-likeness (QED) is 0.492. The molecule has 0 aliphatic heterocycles. The summed E-state index contributed by atoms with van der Waals surface area (Å²) in [6.07, 6.45) is 2.03. The lowest BCUT2D eigenvalue weighted by Crippen LogP contribution is -2.04. The Hall–Kier alpha value is -2.87. The fourth-order valence-corrected chi connectivity index (χ4v) is 2.97. The highest BCUT2D eigenvalue weighted by atomic mass is 16.1. The number of hydrogen-bond donors (Lipinski definition) is 0. The van der Waals surface area contributed by atoms with Crippen LogP contribution >= 0.6 is 0 Å². The van der Waals surface area contributed by atoms with Gasteiger partial charge in [0.1, 0.15) is 0 Å². The first-order valence-corrected chi connectivity index (χ1v) is 7.34. The molecule has 0 amide bonds. The van der Waals surface area contributed by atoms with Gasteiger partial charge in [-0.15, -0.1) is 0 Å². The molecule has 0 aliphatic rings. The number of aryl methyl sites for hydroxylation is 1. The van der Waals surface area contributed by atoms with Crippen molar-refractivity contribution in [2.75, 3.05) is 0 Å². The normalized spacial score (nSPS) is 11.1. The van der Waals surface area contributed by atoms with Crippen LogP contribution in [0, 0.1) is 6.92 Å². The lowest BCUT2D eigenvalue weighted by molar-refractivity contribution is 0.104. The molecule has 0 atom stereocenters. The molecule has 2 nitrogen and oxygen atoms in total. The van der Waals surface area contributed by atoms with Gasteiger partial charge in [-0.05, 0) is 37.3 Å². The first kappa shape index (κ1) is 12.8. The lowest BCUT2D eigenvalue weighted by atomic mass is 9.98. The molecule has 2 aromatic heterocycles. The van der Waals surface area contributed by atoms with Gasteiger partial charge in [-0.1, -0.05) is 42.0 Å². The highest BCUT2D eigenvalue weighted by Gasteiger charge is 2.14. The molecule has 2 heteroatoms. The Bertz CT molecular complexity index is 996. The summed E-state index contributed by atoms with van der Waals surface area (Å²) in [4.78, 5) is 12.9. The monoisotopic (exact) mass is 285 g/mol. The SMILES string of the molecule is Cc1ccc2c(c1)c(C(=O)c1ccccc1)cc1cccn12. The maximum atomic E-state index is 12.9. The third-order valence-electron chi connectivity index (χ3n) is 4.05. The number of fused-ring (bicyclic) bond motifs is 3. The molecule has 0 saturated heterocycles. The zero-order valence-corrected chi connectivity index (χ0v) is 12.3. The van der Waals surface area contributed by atoms with E-state index in [1.54, 1.807) is 0 Å². The van der Waals surface area contributed by atoms with E-state index in [2.05, 4.69) is 29.5 Å². The fourth-order valence-electron chi connectivity index (χ4n) is 2.97. The summed E-state index contributed by atoms with van der Waals surface area (Å²) < 4.78 is 2.12. The van der Waals surface area contributed by atoms with Gasteiger partial charge in [0, 0.05) is 28.2 Å². The number of carbonyl (C=O) groups is 1. The predicted octanol–water partition coefficient (Wildman–Crippen LogP) is 4.63. The van der Waals surface area contributed by atoms with E-state index in [4.69, 9.17) is 0 Å². The Balaban J connectivity index is 2.06.